The van der Waals surface area contributed by atoms with Crippen LogP contribution < -0.4 is 5.32 Å². The van der Waals surface area contributed by atoms with Gasteiger partial charge in [-0.2, -0.15) is 5.26 Å². The Morgan fingerprint density at radius 3 is 2.67 bits per heavy atom. The Labute approximate surface area is 272 Å². The van der Waals surface area contributed by atoms with Crippen LogP contribution in [0.4, 0.5) is 5.69 Å². The molecule has 256 valence electrons. The van der Waals surface area contributed by atoms with E-state index < -0.39 is 64.3 Å². The number of ether oxygens (including phenoxy) is 4. The van der Waals surface area contributed by atoms with Crippen LogP contribution >= 0.6 is 19.2 Å². The summed E-state index contributed by atoms with van der Waals surface area (Å²) in [5, 5.41) is 45.3. The molecule has 0 radical (unpaired) electrons. The van der Waals surface area contributed by atoms with Gasteiger partial charge in [-0.25, -0.2) is 4.98 Å². The van der Waals surface area contributed by atoms with E-state index in [1.54, 1.807) is 19.2 Å². The van der Waals surface area contributed by atoms with Gasteiger partial charge in [-0.15, -0.1) is 0 Å². The highest BCUT2D eigenvalue weighted by molar-refractivity contribution is 7.53. The summed E-state index contributed by atoms with van der Waals surface area (Å²) in [6.07, 6.45) is 0.638. The number of pyridine rings is 1. The standard InChI is InChI=1S/C29H42ClN4O11P/c1-3-7-22(35)41-15-43-46(39,44-16-42-23(36)8-4-2)17-40-14-21-25(37)26(38)29(45-21)34-12-11-19-24(32-18-9-5-6-10-18)20(13-31)27(30)33-28(19)34/h11-12,18,21-22,25-26,29,35,37-38H,3-10,14-17H2,1-2H3,(H,32,33)/t21-,22?,25-,26-,29-,46?/m1/s1. The van der Waals surface area contributed by atoms with Gasteiger partial charge in [-0.05, 0) is 31.7 Å². The number of fused-ring (bicyclic) bond motifs is 1. The number of carbonyl (C=O) groups excluding carboxylic acids is 1. The topological polar surface area (TPSA) is 204 Å². The molecule has 1 aliphatic heterocycles. The number of nitrogens with zero attached hydrogens (tertiary/aromatic N) is 3. The van der Waals surface area contributed by atoms with Crippen LogP contribution in [0.3, 0.4) is 0 Å². The zero-order chi connectivity index (χ0) is 33.3. The lowest BCUT2D eigenvalue weighted by Crippen LogP contribution is -2.34. The summed E-state index contributed by atoms with van der Waals surface area (Å²) in [6.45, 7) is 2.06. The average molecular weight is 689 g/mol. The van der Waals surface area contributed by atoms with E-state index >= 15 is 0 Å². The van der Waals surface area contributed by atoms with Crippen molar-refractivity contribution in [3.8, 4) is 6.07 Å². The molecule has 3 heterocycles. The third kappa shape index (κ3) is 9.17. The smallest absolute Gasteiger partial charge is 0.361 e. The van der Waals surface area contributed by atoms with E-state index in [0.717, 1.165) is 25.7 Å². The molecule has 0 aromatic carbocycles. The number of anilines is 1. The van der Waals surface area contributed by atoms with Crippen molar-refractivity contribution in [1.82, 2.24) is 9.55 Å². The van der Waals surface area contributed by atoms with E-state index in [1.165, 1.54) is 4.57 Å². The van der Waals surface area contributed by atoms with Gasteiger partial charge in [0.15, 0.2) is 24.5 Å². The van der Waals surface area contributed by atoms with Gasteiger partial charge in [0.05, 0.1) is 12.3 Å². The predicted molar refractivity (Wildman–Crippen MR) is 165 cm³/mol. The molecule has 1 saturated heterocycles. The first-order valence-electron chi connectivity index (χ1n) is 15.4. The summed E-state index contributed by atoms with van der Waals surface area (Å²) in [5.74, 6) is -0.550. The summed E-state index contributed by atoms with van der Waals surface area (Å²) < 4.78 is 46.8. The summed E-state index contributed by atoms with van der Waals surface area (Å²) in [7, 11) is -4.09. The fourth-order valence-corrected chi connectivity index (χ4v) is 6.53. The van der Waals surface area contributed by atoms with Gasteiger partial charge in [0.25, 0.3) is 0 Å². The summed E-state index contributed by atoms with van der Waals surface area (Å²) in [6, 6.07) is 4.05. The largest absolute Gasteiger partial charge is 0.438 e. The van der Waals surface area contributed by atoms with Crippen molar-refractivity contribution in [3.05, 3.63) is 23.0 Å². The number of nitriles is 1. The van der Waals surface area contributed by atoms with Gasteiger partial charge in [0.2, 0.25) is 6.79 Å². The van der Waals surface area contributed by atoms with Gasteiger partial charge in [-0.3, -0.25) is 18.4 Å². The Morgan fingerprint density at radius 1 is 1.24 bits per heavy atom. The minimum absolute atomic E-state index is 0.00863. The number of aromatic nitrogens is 2. The third-order valence-electron chi connectivity index (χ3n) is 7.74. The van der Waals surface area contributed by atoms with Crippen molar-refractivity contribution in [2.75, 3.05) is 31.9 Å². The van der Waals surface area contributed by atoms with Gasteiger partial charge < -0.3 is 44.2 Å². The van der Waals surface area contributed by atoms with Crippen molar-refractivity contribution in [2.24, 2.45) is 0 Å². The normalized spacial score (nSPS) is 23.8. The van der Waals surface area contributed by atoms with Gasteiger partial charge >= 0.3 is 13.6 Å². The summed E-state index contributed by atoms with van der Waals surface area (Å²) in [5.41, 5.74) is 1.12. The van der Waals surface area contributed by atoms with Crippen molar-refractivity contribution >= 4 is 41.9 Å². The monoisotopic (exact) mass is 688 g/mol. The molecule has 17 heteroatoms. The summed E-state index contributed by atoms with van der Waals surface area (Å²) in [4.78, 5) is 16.1. The van der Waals surface area contributed by atoms with E-state index in [-0.39, 0.29) is 29.8 Å². The number of esters is 1. The van der Waals surface area contributed by atoms with Crippen molar-refractivity contribution < 1.29 is 52.7 Å². The zero-order valence-electron chi connectivity index (χ0n) is 25.9. The van der Waals surface area contributed by atoms with Crippen LogP contribution in [0.25, 0.3) is 11.0 Å². The number of rotatable bonds is 18. The van der Waals surface area contributed by atoms with Crippen LogP contribution in [-0.2, 0) is 37.4 Å². The quantitative estimate of drug-likeness (QED) is 0.0753. The fourth-order valence-electron chi connectivity index (χ4n) is 5.33. The maximum absolute atomic E-state index is 13.3. The predicted octanol–water partition coefficient (Wildman–Crippen LogP) is 4.13. The lowest BCUT2D eigenvalue weighted by atomic mass is 10.1. The molecule has 2 aromatic heterocycles. The summed E-state index contributed by atoms with van der Waals surface area (Å²) >= 11 is 6.41. The molecule has 6 atom stereocenters. The van der Waals surface area contributed by atoms with E-state index in [2.05, 4.69) is 16.4 Å². The maximum atomic E-state index is 13.3. The second-order valence-electron chi connectivity index (χ2n) is 11.2. The second kappa shape index (κ2) is 17.2. The lowest BCUT2D eigenvalue weighted by molar-refractivity contribution is -0.155. The minimum Gasteiger partial charge on any atom is -0.438 e. The molecule has 4 rings (SSSR count). The van der Waals surface area contributed by atoms with Crippen LogP contribution in [0, 0.1) is 11.3 Å². The lowest BCUT2D eigenvalue weighted by Gasteiger charge is -2.21. The highest BCUT2D eigenvalue weighted by atomic mass is 35.5. The number of halogens is 1. The van der Waals surface area contributed by atoms with Crippen molar-refractivity contribution in [3.63, 3.8) is 0 Å². The van der Waals surface area contributed by atoms with E-state index in [9.17, 15) is 29.9 Å². The van der Waals surface area contributed by atoms with Gasteiger partial charge in [0.1, 0.15) is 41.9 Å². The molecule has 0 spiro atoms. The van der Waals surface area contributed by atoms with E-state index in [0.29, 0.717) is 36.0 Å². The molecular formula is C29H42ClN4O11P. The number of aliphatic hydroxyl groups is 3. The number of hydrogen-bond acceptors (Lipinski definition) is 14. The molecule has 46 heavy (non-hydrogen) atoms. The van der Waals surface area contributed by atoms with Crippen LogP contribution in [-0.4, -0.2) is 88.0 Å². The highest BCUT2D eigenvalue weighted by Gasteiger charge is 2.45. The fraction of sp³-hybridized carbons (Fsp3) is 0.690. The zero-order valence-corrected chi connectivity index (χ0v) is 27.5. The number of carbonyl (C=O) groups is 1. The number of nitrogens with one attached hydrogen (secondary N) is 1. The van der Waals surface area contributed by atoms with Crippen molar-refractivity contribution in [2.45, 2.75) is 102 Å². The molecule has 2 fully saturated rings. The molecular weight excluding hydrogens is 647 g/mol. The van der Waals surface area contributed by atoms with Crippen LogP contribution in [0.15, 0.2) is 12.3 Å². The van der Waals surface area contributed by atoms with Gasteiger partial charge in [0, 0.05) is 24.0 Å². The number of hydrogen-bond donors (Lipinski definition) is 4. The average Bonchev–Trinajstić information content (AvgIpc) is 3.74. The molecule has 0 bridgehead atoms. The molecule has 15 nitrogen and oxygen atoms in total. The molecule has 1 saturated carbocycles. The number of aliphatic hydroxyl groups excluding tert-OH is 3. The first kappa shape index (κ1) is 36.5. The van der Waals surface area contributed by atoms with Crippen LogP contribution in [0.2, 0.25) is 5.15 Å². The van der Waals surface area contributed by atoms with E-state index in [4.69, 9.17) is 39.6 Å². The van der Waals surface area contributed by atoms with Crippen LogP contribution in [0.5, 0.6) is 0 Å². The molecule has 0 amide bonds. The maximum Gasteiger partial charge on any atom is 0.361 e. The van der Waals surface area contributed by atoms with Crippen molar-refractivity contribution in [1.29, 1.82) is 5.26 Å². The molecule has 2 unspecified atom stereocenters. The van der Waals surface area contributed by atoms with E-state index in [1.807, 2.05) is 6.92 Å². The molecule has 4 N–H and O–H groups in total. The first-order valence-corrected chi connectivity index (χ1v) is 17.5. The molecule has 2 aliphatic rings. The molecule has 1 aliphatic carbocycles. The highest BCUT2D eigenvalue weighted by Crippen LogP contribution is 2.48. The minimum atomic E-state index is -4.09. The second-order valence-corrected chi connectivity index (χ2v) is 13.5. The Balaban J connectivity index is 1.42. The third-order valence-corrected chi connectivity index (χ3v) is 9.51. The van der Waals surface area contributed by atoms with Gasteiger partial charge in [-0.1, -0.05) is 44.7 Å². The Bertz CT molecular complexity index is 1400. The SMILES string of the molecule is CCCC(=O)OCOP(=O)(COC[C@H]1O[C@@H](n2ccc3c(NC4CCCC4)c(C#N)c(Cl)nc32)[C@H](O)[C@@H]1O)OCOC(O)CCC. The first-order chi connectivity index (χ1) is 22.1. The Kier molecular flexibility index (Phi) is 13.6. The van der Waals surface area contributed by atoms with Crippen LogP contribution in [0.1, 0.15) is 77.0 Å². The Hall–Kier alpha value is -2.35. The molecule has 2 aromatic rings. The Morgan fingerprint density at radius 2 is 1.98 bits per heavy atom.